The molecule has 1 aromatic carbocycles. The van der Waals surface area contributed by atoms with Crippen molar-refractivity contribution in [1.29, 1.82) is 0 Å². The molecule has 0 saturated carbocycles. The van der Waals surface area contributed by atoms with Crippen LogP contribution in [0.15, 0.2) is 64.2 Å². The lowest BCUT2D eigenvalue weighted by molar-refractivity contribution is -0.126. The quantitative estimate of drug-likeness (QED) is 0.382. The number of amides is 2. The lowest BCUT2D eigenvalue weighted by Crippen LogP contribution is -2.39. The molecular formula is C25H20BrNO5. The number of phenolic OH excluding ortho intramolecular Hbond substituents is 1. The fourth-order valence-corrected chi connectivity index (χ4v) is 6.08. The number of carbonyl (C=O) groups excluding carboxylic acids is 4. The van der Waals surface area contributed by atoms with Crippen LogP contribution in [0.25, 0.3) is 0 Å². The van der Waals surface area contributed by atoms with Gasteiger partial charge in [-0.05, 0) is 46.7 Å². The van der Waals surface area contributed by atoms with Crippen molar-refractivity contribution in [3.8, 4) is 5.75 Å². The Bertz CT molecular complexity index is 1220. The summed E-state index contributed by atoms with van der Waals surface area (Å²) in [6.07, 6.45) is 5.91. The number of imide groups is 1. The number of halogens is 1. The molecule has 1 aromatic rings. The molecule has 7 heteroatoms. The van der Waals surface area contributed by atoms with Gasteiger partial charge in [-0.25, -0.2) is 0 Å². The highest BCUT2D eigenvalue weighted by molar-refractivity contribution is 9.12. The lowest BCUT2D eigenvalue weighted by atomic mass is 9.59. The van der Waals surface area contributed by atoms with Crippen molar-refractivity contribution in [2.24, 2.45) is 17.8 Å². The van der Waals surface area contributed by atoms with E-state index in [-0.39, 0.29) is 40.0 Å². The average Bonchev–Trinajstić information content (AvgIpc) is 3.06. The fourth-order valence-electron chi connectivity index (χ4n) is 5.64. The number of ketones is 2. The first-order chi connectivity index (χ1) is 15.3. The average molecular weight is 494 g/mol. The van der Waals surface area contributed by atoms with Crippen LogP contribution in [-0.2, 0) is 25.6 Å². The third-order valence-corrected chi connectivity index (χ3v) is 7.59. The smallest absolute Gasteiger partial charge is 0.231 e. The van der Waals surface area contributed by atoms with Gasteiger partial charge in [0.05, 0.1) is 16.3 Å². The van der Waals surface area contributed by atoms with E-state index in [4.69, 9.17) is 0 Å². The van der Waals surface area contributed by atoms with Gasteiger partial charge in [-0.1, -0.05) is 35.9 Å². The Morgan fingerprint density at radius 2 is 1.94 bits per heavy atom. The third kappa shape index (κ3) is 2.91. The van der Waals surface area contributed by atoms with Crippen molar-refractivity contribution in [1.82, 2.24) is 5.32 Å². The Morgan fingerprint density at radius 3 is 2.69 bits per heavy atom. The molecule has 0 aromatic heterocycles. The van der Waals surface area contributed by atoms with Crippen LogP contribution in [0, 0.1) is 17.8 Å². The van der Waals surface area contributed by atoms with Gasteiger partial charge in [-0.3, -0.25) is 24.5 Å². The maximum atomic E-state index is 13.1. The van der Waals surface area contributed by atoms with Gasteiger partial charge in [0.25, 0.3) is 0 Å². The van der Waals surface area contributed by atoms with Crippen molar-refractivity contribution in [2.45, 2.75) is 25.2 Å². The van der Waals surface area contributed by atoms with Gasteiger partial charge in [0.1, 0.15) is 5.75 Å². The van der Waals surface area contributed by atoms with E-state index in [0.717, 1.165) is 5.57 Å². The van der Waals surface area contributed by atoms with Crippen molar-refractivity contribution in [3.63, 3.8) is 0 Å². The van der Waals surface area contributed by atoms with Gasteiger partial charge in [0, 0.05) is 28.7 Å². The van der Waals surface area contributed by atoms with Crippen LogP contribution < -0.4 is 5.32 Å². The fraction of sp³-hybridized carbons (Fsp3) is 0.280. The van der Waals surface area contributed by atoms with Crippen molar-refractivity contribution in [3.05, 3.63) is 75.3 Å². The second-order valence-electron chi connectivity index (χ2n) is 8.59. The van der Waals surface area contributed by atoms with E-state index in [9.17, 15) is 24.3 Å². The number of benzene rings is 1. The maximum Gasteiger partial charge on any atom is 0.231 e. The minimum atomic E-state index is -0.661. The number of hydrogen-bond donors (Lipinski definition) is 2. The Balaban J connectivity index is 1.74. The third-order valence-electron chi connectivity index (χ3n) is 7.00. The monoisotopic (exact) mass is 493 g/mol. The molecule has 4 aliphatic rings. The summed E-state index contributed by atoms with van der Waals surface area (Å²) in [6, 6.07) is 5.34. The summed E-state index contributed by atoms with van der Waals surface area (Å²) in [7, 11) is 0. The molecular weight excluding hydrogens is 474 g/mol. The standard InChI is InChI=1S/C25H20BrNO5/c1-2-4-11-5-3-6-13(22(11)29)19-12-7-8-14-20(25(32)27-24(14)31)15(12)9-16-21(19)18(28)10-17(26)23(16)30/h2-3,5-7,10,14-15,19-20,29H,1,4,8-9H2,(H,27,31,32)/t14-,15+,19+,20-/m0/s1. The summed E-state index contributed by atoms with van der Waals surface area (Å²) in [5.74, 6) is -3.31. The van der Waals surface area contributed by atoms with Crippen LogP contribution in [-0.4, -0.2) is 28.5 Å². The molecule has 0 unspecified atom stereocenters. The Hall–Kier alpha value is -3.06. The minimum absolute atomic E-state index is 0.0498. The SMILES string of the molecule is C=CCc1cccc([C@H]2C3=CC[C@@H]4C(=O)NC(=O)[C@@H]4[C@@H]3CC3=C2C(=O)C=C(Br)C3=O)c1O. The zero-order chi connectivity index (χ0) is 22.7. The molecule has 3 aliphatic carbocycles. The van der Waals surface area contributed by atoms with Gasteiger partial charge < -0.3 is 5.11 Å². The molecule has 4 atom stereocenters. The zero-order valence-electron chi connectivity index (χ0n) is 17.1. The van der Waals surface area contributed by atoms with E-state index in [1.165, 1.54) is 6.08 Å². The van der Waals surface area contributed by atoms with Gasteiger partial charge in [-0.15, -0.1) is 6.58 Å². The molecule has 6 nitrogen and oxygen atoms in total. The molecule has 2 amide bonds. The molecule has 0 spiro atoms. The number of carbonyl (C=O) groups is 4. The van der Waals surface area contributed by atoms with Crippen molar-refractivity contribution >= 4 is 39.3 Å². The highest BCUT2D eigenvalue weighted by Crippen LogP contribution is 2.55. The largest absolute Gasteiger partial charge is 0.507 e. The summed E-state index contributed by atoms with van der Waals surface area (Å²) in [5.41, 5.74) is 2.68. The molecule has 32 heavy (non-hydrogen) atoms. The van der Waals surface area contributed by atoms with Crippen LogP contribution in [0.4, 0.5) is 0 Å². The maximum absolute atomic E-state index is 13.1. The van der Waals surface area contributed by atoms with Crippen molar-refractivity contribution < 1.29 is 24.3 Å². The van der Waals surface area contributed by atoms with E-state index < -0.39 is 23.7 Å². The number of aromatic hydroxyl groups is 1. The van der Waals surface area contributed by atoms with E-state index in [1.807, 2.05) is 6.08 Å². The van der Waals surface area contributed by atoms with Gasteiger partial charge in [0.15, 0.2) is 11.6 Å². The lowest BCUT2D eigenvalue weighted by Gasteiger charge is -2.42. The van der Waals surface area contributed by atoms with Gasteiger partial charge in [0.2, 0.25) is 11.8 Å². The predicted octanol–water partition coefficient (Wildman–Crippen LogP) is 3.17. The topological polar surface area (TPSA) is 101 Å². The Morgan fingerprint density at radius 1 is 1.16 bits per heavy atom. The van der Waals surface area contributed by atoms with Crippen LogP contribution in [0.3, 0.4) is 0 Å². The highest BCUT2D eigenvalue weighted by Gasteiger charge is 2.53. The summed E-state index contributed by atoms with van der Waals surface area (Å²) in [4.78, 5) is 51.2. The first-order valence-electron chi connectivity index (χ1n) is 10.5. The summed E-state index contributed by atoms with van der Waals surface area (Å²) >= 11 is 3.19. The van der Waals surface area contributed by atoms with Crippen LogP contribution in [0.2, 0.25) is 0 Å². The number of phenols is 1. The summed E-state index contributed by atoms with van der Waals surface area (Å²) in [6.45, 7) is 3.73. The number of hydrogen-bond acceptors (Lipinski definition) is 5. The molecule has 1 saturated heterocycles. The second kappa shape index (κ2) is 7.52. The molecule has 0 bridgehead atoms. The van der Waals surface area contributed by atoms with E-state index >= 15 is 0 Å². The molecule has 1 heterocycles. The number of fused-ring (bicyclic) bond motifs is 3. The molecule has 0 radical (unpaired) electrons. The molecule has 5 rings (SSSR count). The number of nitrogens with one attached hydrogen (secondary N) is 1. The Labute approximate surface area is 192 Å². The zero-order valence-corrected chi connectivity index (χ0v) is 18.6. The normalized spacial score (nSPS) is 29.0. The second-order valence-corrected chi connectivity index (χ2v) is 9.45. The van der Waals surface area contributed by atoms with Crippen LogP contribution >= 0.6 is 15.9 Å². The van der Waals surface area contributed by atoms with Crippen LogP contribution in [0.1, 0.15) is 29.9 Å². The molecule has 1 aliphatic heterocycles. The highest BCUT2D eigenvalue weighted by atomic mass is 79.9. The number of para-hydroxylation sites is 1. The number of Topliss-reactive ketones (excluding diaryl/α,β-unsaturated/α-hetero) is 1. The van der Waals surface area contributed by atoms with Crippen LogP contribution in [0.5, 0.6) is 5.75 Å². The molecule has 2 N–H and O–H groups in total. The summed E-state index contributed by atoms with van der Waals surface area (Å²) < 4.78 is 0.177. The summed E-state index contributed by atoms with van der Waals surface area (Å²) in [5, 5.41) is 13.5. The van der Waals surface area contributed by atoms with E-state index in [1.54, 1.807) is 24.3 Å². The number of rotatable bonds is 3. The van der Waals surface area contributed by atoms with Crippen molar-refractivity contribution in [2.75, 3.05) is 0 Å². The predicted molar refractivity (Wildman–Crippen MR) is 120 cm³/mol. The van der Waals surface area contributed by atoms with E-state index in [2.05, 4.69) is 27.8 Å². The van der Waals surface area contributed by atoms with Gasteiger partial charge in [-0.2, -0.15) is 0 Å². The number of allylic oxidation sites excluding steroid dienone is 7. The first kappa shape index (κ1) is 20.8. The molecule has 162 valence electrons. The van der Waals surface area contributed by atoms with Gasteiger partial charge >= 0.3 is 0 Å². The Kier molecular flexibility index (Phi) is 4.89. The minimum Gasteiger partial charge on any atom is -0.507 e. The van der Waals surface area contributed by atoms with E-state index in [0.29, 0.717) is 35.1 Å². The first-order valence-corrected chi connectivity index (χ1v) is 11.3. The molecule has 1 fully saturated rings.